The first-order valence-corrected chi connectivity index (χ1v) is 9.76. The number of fused-ring (bicyclic) bond motifs is 1. The minimum Gasteiger partial charge on any atom is -0.497 e. The van der Waals surface area contributed by atoms with Gasteiger partial charge < -0.3 is 14.5 Å². The number of amides is 1. The molecular weight excluding hydrogens is 380 g/mol. The molecule has 1 N–H and O–H groups in total. The maximum absolute atomic E-state index is 12.7. The lowest BCUT2D eigenvalue weighted by atomic mass is 10.1. The number of carbonyl (C=O) groups excluding carboxylic acids is 1. The Morgan fingerprint density at radius 1 is 1.23 bits per heavy atom. The Morgan fingerprint density at radius 3 is 2.67 bits per heavy atom. The van der Waals surface area contributed by atoms with Crippen LogP contribution >= 0.6 is 0 Å². The molecule has 0 aliphatic heterocycles. The van der Waals surface area contributed by atoms with Crippen molar-refractivity contribution in [2.75, 3.05) is 7.11 Å². The molecule has 7 heteroatoms. The fourth-order valence-corrected chi connectivity index (χ4v) is 3.51. The van der Waals surface area contributed by atoms with Gasteiger partial charge in [0.15, 0.2) is 11.5 Å². The predicted molar refractivity (Wildman–Crippen MR) is 114 cm³/mol. The van der Waals surface area contributed by atoms with Crippen molar-refractivity contribution < 1.29 is 13.9 Å². The van der Waals surface area contributed by atoms with Crippen molar-refractivity contribution in [1.29, 1.82) is 0 Å². The Kier molecular flexibility index (Phi) is 5.27. The Balaban J connectivity index is 1.49. The molecule has 0 aliphatic rings. The van der Waals surface area contributed by atoms with Gasteiger partial charge in [0, 0.05) is 30.8 Å². The molecule has 4 aromatic rings. The molecule has 154 valence electrons. The fourth-order valence-electron chi connectivity index (χ4n) is 3.51. The zero-order valence-electron chi connectivity index (χ0n) is 17.5. The first-order chi connectivity index (χ1) is 14.4. The Morgan fingerprint density at radius 2 is 2.00 bits per heavy atom. The molecule has 2 heterocycles. The van der Waals surface area contributed by atoms with Crippen LogP contribution in [0.2, 0.25) is 0 Å². The van der Waals surface area contributed by atoms with E-state index >= 15 is 0 Å². The van der Waals surface area contributed by atoms with Crippen molar-refractivity contribution in [3.63, 3.8) is 0 Å². The van der Waals surface area contributed by atoms with Crippen LogP contribution in [-0.2, 0) is 13.5 Å². The van der Waals surface area contributed by atoms with Crippen molar-refractivity contribution in [2.45, 2.75) is 26.3 Å². The molecule has 0 bridgehead atoms. The second kappa shape index (κ2) is 8.02. The topological polar surface area (TPSA) is 82.2 Å². The monoisotopic (exact) mass is 404 g/mol. The summed E-state index contributed by atoms with van der Waals surface area (Å²) in [6, 6.07) is 12.9. The lowest BCUT2D eigenvalue weighted by molar-refractivity contribution is 0.0940. The van der Waals surface area contributed by atoms with Gasteiger partial charge in [-0.05, 0) is 49.7 Å². The number of hydrogen-bond donors (Lipinski definition) is 1. The summed E-state index contributed by atoms with van der Waals surface area (Å²) in [6.45, 7) is 3.88. The van der Waals surface area contributed by atoms with Crippen LogP contribution in [0.25, 0.3) is 11.1 Å². The molecule has 0 radical (unpaired) electrons. The van der Waals surface area contributed by atoms with E-state index in [9.17, 15) is 4.79 Å². The lowest BCUT2D eigenvalue weighted by Gasteiger charge is -2.13. The molecule has 0 saturated heterocycles. The molecule has 1 atom stereocenters. The summed E-state index contributed by atoms with van der Waals surface area (Å²) in [4.78, 5) is 17.3. The summed E-state index contributed by atoms with van der Waals surface area (Å²) < 4.78 is 12.8. The number of methoxy groups -OCH3 is 1. The number of oxazole rings is 1. The fraction of sp³-hybridized carbons (Fsp3) is 0.261. The maximum atomic E-state index is 12.7. The number of ether oxygens (including phenoxy) is 1. The molecular formula is C23H24N4O3. The number of hydrogen-bond acceptors (Lipinski definition) is 5. The third-order valence-corrected chi connectivity index (χ3v) is 5.07. The molecule has 2 aromatic carbocycles. The second-order valence-electron chi connectivity index (χ2n) is 7.35. The predicted octanol–water partition coefficient (Wildman–Crippen LogP) is 3.96. The van der Waals surface area contributed by atoms with E-state index in [0.717, 1.165) is 28.1 Å². The molecule has 0 fully saturated rings. The van der Waals surface area contributed by atoms with Crippen molar-refractivity contribution in [1.82, 2.24) is 20.1 Å². The Bertz CT molecular complexity index is 1190. The van der Waals surface area contributed by atoms with E-state index in [2.05, 4.69) is 15.4 Å². The molecule has 0 unspecified atom stereocenters. The summed E-state index contributed by atoms with van der Waals surface area (Å²) in [5, 5.41) is 7.36. The van der Waals surface area contributed by atoms with E-state index in [4.69, 9.17) is 9.15 Å². The summed E-state index contributed by atoms with van der Waals surface area (Å²) >= 11 is 0. The average molecular weight is 404 g/mol. The van der Waals surface area contributed by atoms with Gasteiger partial charge in [0.2, 0.25) is 0 Å². The Hall–Kier alpha value is -3.61. The average Bonchev–Trinajstić information content (AvgIpc) is 3.29. The van der Waals surface area contributed by atoms with Crippen LogP contribution in [0.5, 0.6) is 5.75 Å². The number of aromatic nitrogens is 3. The standard InChI is InChI=1S/C23H24N4O3/c1-14(19-13-27(3)26-15(19)2)24-23(28)17-7-10-20-21(12-17)30-22(25-20)11-16-5-8-18(29-4)9-6-16/h5-10,12-14H,11H2,1-4H3,(H,24,28)/t14-/m1/s1. The normalized spacial score (nSPS) is 12.1. The molecule has 0 saturated carbocycles. The molecule has 7 nitrogen and oxygen atoms in total. The molecule has 2 aromatic heterocycles. The zero-order chi connectivity index (χ0) is 21.3. The molecule has 4 rings (SSSR count). The van der Waals surface area contributed by atoms with Crippen LogP contribution in [0.15, 0.2) is 53.1 Å². The van der Waals surface area contributed by atoms with Gasteiger partial charge in [0.25, 0.3) is 5.91 Å². The van der Waals surface area contributed by atoms with Crippen molar-refractivity contribution in [3.8, 4) is 5.75 Å². The third-order valence-electron chi connectivity index (χ3n) is 5.07. The number of rotatable bonds is 6. The number of aryl methyl sites for hydroxylation is 2. The van der Waals surface area contributed by atoms with Crippen LogP contribution in [0.3, 0.4) is 0 Å². The van der Waals surface area contributed by atoms with Gasteiger partial charge in [-0.2, -0.15) is 5.10 Å². The van der Waals surface area contributed by atoms with E-state index in [1.54, 1.807) is 23.9 Å². The zero-order valence-corrected chi connectivity index (χ0v) is 17.5. The number of carbonyl (C=O) groups is 1. The van der Waals surface area contributed by atoms with Crippen molar-refractivity contribution in [3.05, 3.63) is 76.9 Å². The van der Waals surface area contributed by atoms with Gasteiger partial charge in [0.1, 0.15) is 11.3 Å². The third kappa shape index (κ3) is 4.05. The highest BCUT2D eigenvalue weighted by Crippen LogP contribution is 2.22. The molecule has 30 heavy (non-hydrogen) atoms. The van der Waals surface area contributed by atoms with Gasteiger partial charge in [-0.25, -0.2) is 4.98 Å². The number of nitrogens with one attached hydrogen (secondary N) is 1. The van der Waals surface area contributed by atoms with E-state index in [-0.39, 0.29) is 11.9 Å². The SMILES string of the molecule is COc1ccc(Cc2nc3ccc(C(=O)N[C@H](C)c4cn(C)nc4C)cc3o2)cc1. The van der Waals surface area contributed by atoms with Gasteiger partial charge in [-0.1, -0.05) is 12.1 Å². The minimum atomic E-state index is -0.166. The van der Waals surface area contributed by atoms with Crippen molar-refractivity contribution >= 4 is 17.0 Å². The van der Waals surface area contributed by atoms with Crippen LogP contribution in [0, 0.1) is 6.92 Å². The summed E-state index contributed by atoms with van der Waals surface area (Å²) in [5.74, 6) is 1.25. The van der Waals surface area contributed by atoms with Crippen molar-refractivity contribution in [2.24, 2.45) is 7.05 Å². The van der Waals surface area contributed by atoms with E-state index in [1.165, 1.54) is 0 Å². The molecule has 1 amide bonds. The Labute approximate surface area is 174 Å². The highest BCUT2D eigenvalue weighted by Gasteiger charge is 2.17. The van der Waals surface area contributed by atoms with E-state index < -0.39 is 0 Å². The van der Waals surface area contributed by atoms with E-state index in [1.807, 2.05) is 57.4 Å². The van der Waals surface area contributed by atoms with Crippen LogP contribution in [0.1, 0.15) is 46.0 Å². The van der Waals surface area contributed by atoms with Gasteiger partial charge in [-0.3, -0.25) is 9.48 Å². The highest BCUT2D eigenvalue weighted by molar-refractivity contribution is 5.97. The van der Waals surface area contributed by atoms with Gasteiger partial charge in [0.05, 0.1) is 18.8 Å². The minimum absolute atomic E-state index is 0.151. The van der Waals surface area contributed by atoms with Gasteiger partial charge in [-0.15, -0.1) is 0 Å². The van der Waals surface area contributed by atoms with E-state index in [0.29, 0.717) is 23.5 Å². The maximum Gasteiger partial charge on any atom is 0.251 e. The second-order valence-corrected chi connectivity index (χ2v) is 7.35. The smallest absolute Gasteiger partial charge is 0.251 e. The number of nitrogens with zero attached hydrogens (tertiary/aromatic N) is 3. The summed E-state index contributed by atoms with van der Waals surface area (Å²) in [6.07, 6.45) is 2.49. The molecule has 0 spiro atoms. The number of benzene rings is 2. The van der Waals surface area contributed by atoms with Gasteiger partial charge >= 0.3 is 0 Å². The summed E-state index contributed by atoms with van der Waals surface area (Å²) in [5.41, 5.74) is 4.82. The van der Waals surface area contributed by atoms with Crippen LogP contribution < -0.4 is 10.1 Å². The largest absolute Gasteiger partial charge is 0.497 e. The molecule has 0 aliphatic carbocycles. The van der Waals surface area contributed by atoms with Crippen LogP contribution in [0.4, 0.5) is 0 Å². The van der Waals surface area contributed by atoms with Crippen LogP contribution in [-0.4, -0.2) is 27.8 Å². The lowest BCUT2D eigenvalue weighted by Crippen LogP contribution is -2.26. The first-order valence-electron chi connectivity index (χ1n) is 9.76. The first kappa shape index (κ1) is 19.7. The quantitative estimate of drug-likeness (QED) is 0.526. The highest BCUT2D eigenvalue weighted by atomic mass is 16.5. The summed E-state index contributed by atoms with van der Waals surface area (Å²) in [7, 11) is 3.51.